The number of aryl methyl sites for hydroxylation is 1. The normalized spacial score (nSPS) is 25.6. The average Bonchev–Trinajstić information content (AvgIpc) is 2.17. The van der Waals surface area contributed by atoms with Crippen molar-refractivity contribution in [2.24, 2.45) is 5.92 Å². The first-order valence-corrected chi connectivity index (χ1v) is 5.29. The number of hydrogen-bond acceptors (Lipinski definition) is 2. The van der Waals surface area contributed by atoms with E-state index in [1.54, 1.807) is 0 Å². The first kappa shape index (κ1) is 9.38. The fourth-order valence-corrected chi connectivity index (χ4v) is 1.88. The summed E-state index contributed by atoms with van der Waals surface area (Å²) in [6, 6.07) is 6.77. The lowest BCUT2D eigenvalue weighted by atomic mass is 9.81. The number of hydrogen-bond donors (Lipinski definition) is 2. The maximum Gasteiger partial charge on any atom is 0.0578 e. The fraction of sp³-hybridized carbons (Fsp3) is 0.500. The molecule has 0 radical (unpaired) electrons. The van der Waals surface area contributed by atoms with E-state index in [9.17, 15) is 0 Å². The Morgan fingerprint density at radius 3 is 2.71 bits per heavy atom. The molecule has 0 amide bonds. The van der Waals surface area contributed by atoms with Gasteiger partial charge in [0.1, 0.15) is 0 Å². The van der Waals surface area contributed by atoms with Crippen molar-refractivity contribution >= 4 is 11.4 Å². The molecule has 2 unspecified atom stereocenters. The monoisotopic (exact) mass is 190 g/mol. The van der Waals surface area contributed by atoms with E-state index in [2.05, 4.69) is 25.2 Å². The van der Waals surface area contributed by atoms with E-state index < -0.39 is 0 Å². The van der Waals surface area contributed by atoms with E-state index in [0.29, 0.717) is 6.04 Å². The van der Waals surface area contributed by atoms with Gasteiger partial charge in [-0.05, 0) is 43.4 Å². The van der Waals surface area contributed by atoms with Gasteiger partial charge in [-0.3, -0.25) is 0 Å². The molecule has 1 aromatic carbocycles. The minimum Gasteiger partial charge on any atom is -0.397 e. The Kier molecular flexibility index (Phi) is 2.36. The summed E-state index contributed by atoms with van der Waals surface area (Å²) < 4.78 is 0. The first-order valence-electron chi connectivity index (χ1n) is 5.29. The molecular formula is C12H18N2. The highest BCUT2D eigenvalue weighted by molar-refractivity contribution is 5.67. The predicted octanol–water partition coefficient (Wildman–Crippen LogP) is 2.79. The summed E-state index contributed by atoms with van der Waals surface area (Å²) in [6.07, 6.45) is 2.61. The largest absolute Gasteiger partial charge is 0.397 e. The smallest absolute Gasteiger partial charge is 0.0578 e. The highest BCUT2D eigenvalue weighted by Gasteiger charge is 2.26. The van der Waals surface area contributed by atoms with Gasteiger partial charge in [0.05, 0.1) is 11.4 Å². The SMILES string of the molecule is Cc1ccc(N)c(NC2CCC2C)c1. The maximum absolute atomic E-state index is 5.90. The van der Waals surface area contributed by atoms with E-state index in [0.717, 1.165) is 17.3 Å². The average molecular weight is 190 g/mol. The predicted molar refractivity (Wildman–Crippen MR) is 61.4 cm³/mol. The minimum absolute atomic E-state index is 0.624. The molecule has 1 fully saturated rings. The van der Waals surface area contributed by atoms with E-state index in [1.165, 1.54) is 18.4 Å². The molecular weight excluding hydrogens is 172 g/mol. The molecule has 0 spiro atoms. The third kappa shape index (κ3) is 1.69. The van der Waals surface area contributed by atoms with Crippen LogP contribution in [-0.4, -0.2) is 6.04 Å². The van der Waals surface area contributed by atoms with Gasteiger partial charge in [0.15, 0.2) is 0 Å². The van der Waals surface area contributed by atoms with Gasteiger partial charge in [-0.25, -0.2) is 0 Å². The van der Waals surface area contributed by atoms with Crippen LogP contribution in [0.3, 0.4) is 0 Å². The zero-order valence-corrected chi connectivity index (χ0v) is 8.88. The van der Waals surface area contributed by atoms with Crippen LogP contribution in [0.5, 0.6) is 0 Å². The molecule has 2 rings (SSSR count). The van der Waals surface area contributed by atoms with Crippen molar-refractivity contribution in [3.63, 3.8) is 0 Å². The minimum atomic E-state index is 0.624. The molecule has 3 N–H and O–H groups in total. The van der Waals surface area contributed by atoms with Crippen LogP contribution in [0.15, 0.2) is 18.2 Å². The van der Waals surface area contributed by atoms with Gasteiger partial charge < -0.3 is 11.1 Å². The Morgan fingerprint density at radius 1 is 1.36 bits per heavy atom. The third-order valence-corrected chi connectivity index (χ3v) is 3.17. The van der Waals surface area contributed by atoms with Gasteiger partial charge in [-0.15, -0.1) is 0 Å². The Labute approximate surface area is 85.5 Å². The molecule has 2 nitrogen and oxygen atoms in total. The van der Waals surface area contributed by atoms with Gasteiger partial charge in [-0.2, -0.15) is 0 Å². The highest BCUT2D eigenvalue weighted by Crippen LogP contribution is 2.31. The lowest BCUT2D eigenvalue weighted by molar-refractivity contribution is 0.303. The standard InChI is InChI=1S/C12H18N2/c1-8-3-5-10(13)12(7-8)14-11-6-4-9(11)2/h3,5,7,9,11,14H,4,6,13H2,1-2H3. The van der Waals surface area contributed by atoms with Crippen LogP contribution in [0.1, 0.15) is 25.3 Å². The van der Waals surface area contributed by atoms with Crippen molar-refractivity contribution in [2.75, 3.05) is 11.1 Å². The molecule has 0 saturated heterocycles. The summed E-state index contributed by atoms with van der Waals surface area (Å²) in [6.45, 7) is 4.38. The van der Waals surface area contributed by atoms with E-state index in [4.69, 9.17) is 5.73 Å². The number of nitrogen functional groups attached to an aromatic ring is 1. The Bertz CT molecular complexity index is 333. The molecule has 1 aliphatic carbocycles. The van der Waals surface area contributed by atoms with Gasteiger partial charge >= 0.3 is 0 Å². The van der Waals surface area contributed by atoms with E-state index in [1.807, 2.05) is 12.1 Å². The van der Waals surface area contributed by atoms with Crippen LogP contribution in [0.25, 0.3) is 0 Å². The summed E-state index contributed by atoms with van der Waals surface area (Å²) in [4.78, 5) is 0. The van der Waals surface area contributed by atoms with Crippen molar-refractivity contribution in [1.82, 2.24) is 0 Å². The van der Waals surface area contributed by atoms with Crippen molar-refractivity contribution in [1.29, 1.82) is 0 Å². The molecule has 14 heavy (non-hydrogen) atoms. The number of nitrogens with one attached hydrogen (secondary N) is 1. The van der Waals surface area contributed by atoms with E-state index in [-0.39, 0.29) is 0 Å². The van der Waals surface area contributed by atoms with Crippen LogP contribution < -0.4 is 11.1 Å². The molecule has 2 heteroatoms. The highest BCUT2D eigenvalue weighted by atomic mass is 15.0. The van der Waals surface area contributed by atoms with Crippen molar-refractivity contribution in [2.45, 2.75) is 32.7 Å². The number of anilines is 2. The van der Waals surface area contributed by atoms with Crippen LogP contribution in [0.2, 0.25) is 0 Å². The van der Waals surface area contributed by atoms with Crippen LogP contribution in [0.4, 0.5) is 11.4 Å². The third-order valence-electron chi connectivity index (χ3n) is 3.17. The summed E-state index contributed by atoms with van der Waals surface area (Å²) in [7, 11) is 0. The summed E-state index contributed by atoms with van der Waals surface area (Å²) >= 11 is 0. The summed E-state index contributed by atoms with van der Waals surface area (Å²) in [5.74, 6) is 0.787. The summed E-state index contributed by atoms with van der Waals surface area (Å²) in [5, 5.41) is 3.51. The van der Waals surface area contributed by atoms with Gasteiger partial charge in [0, 0.05) is 6.04 Å². The van der Waals surface area contributed by atoms with Crippen molar-refractivity contribution < 1.29 is 0 Å². The Balaban J connectivity index is 2.11. The molecule has 0 aliphatic heterocycles. The Morgan fingerprint density at radius 2 is 2.14 bits per heavy atom. The molecule has 0 bridgehead atoms. The molecule has 1 aliphatic rings. The molecule has 1 aromatic rings. The number of nitrogens with two attached hydrogens (primary N) is 1. The fourth-order valence-electron chi connectivity index (χ4n) is 1.88. The second kappa shape index (κ2) is 3.52. The van der Waals surface area contributed by atoms with Crippen LogP contribution in [0, 0.1) is 12.8 Å². The van der Waals surface area contributed by atoms with Crippen molar-refractivity contribution in [3.8, 4) is 0 Å². The quantitative estimate of drug-likeness (QED) is 0.704. The maximum atomic E-state index is 5.90. The second-order valence-electron chi connectivity index (χ2n) is 4.40. The van der Waals surface area contributed by atoms with E-state index >= 15 is 0 Å². The molecule has 1 saturated carbocycles. The molecule has 0 heterocycles. The molecule has 76 valence electrons. The zero-order chi connectivity index (χ0) is 10.1. The summed E-state index contributed by atoms with van der Waals surface area (Å²) in [5.41, 5.74) is 9.11. The molecule has 0 aromatic heterocycles. The second-order valence-corrected chi connectivity index (χ2v) is 4.40. The Hall–Kier alpha value is -1.18. The van der Waals surface area contributed by atoms with Gasteiger partial charge in [-0.1, -0.05) is 13.0 Å². The van der Waals surface area contributed by atoms with Crippen LogP contribution >= 0.6 is 0 Å². The number of rotatable bonds is 2. The lowest BCUT2D eigenvalue weighted by Gasteiger charge is -2.35. The van der Waals surface area contributed by atoms with Crippen LogP contribution in [-0.2, 0) is 0 Å². The topological polar surface area (TPSA) is 38.0 Å². The van der Waals surface area contributed by atoms with Gasteiger partial charge in [0.2, 0.25) is 0 Å². The number of benzene rings is 1. The lowest BCUT2D eigenvalue weighted by Crippen LogP contribution is -2.36. The molecule has 2 atom stereocenters. The zero-order valence-electron chi connectivity index (χ0n) is 8.88. The van der Waals surface area contributed by atoms with Gasteiger partial charge in [0.25, 0.3) is 0 Å². The first-order chi connectivity index (χ1) is 6.66. The van der Waals surface area contributed by atoms with Crippen molar-refractivity contribution in [3.05, 3.63) is 23.8 Å².